The minimum Gasteiger partial charge on any atom is -0.359 e. The predicted molar refractivity (Wildman–Crippen MR) is 87.0 cm³/mol. The number of halogens is 1. The minimum atomic E-state index is 0.00411. The lowest BCUT2D eigenvalue weighted by atomic mass is 10.1. The molecule has 1 N–H and O–H groups in total. The van der Waals surface area contributed by atoms with Crippen LogP contribution in [0.15, 0.2) is 64.8 Å². The summed E-state index contributed by atoms with van der Waals surface area (Å²) in [7, 11) is 0. The monoisotopic (exact) mass is 329 g/mol. The summed E-state index contributed by atoms with van der Waals surface area (Å²) in [6.07, 6.45) is 1.62. The second-order valence-corrected chi connectivity index (χ2v) is 5.50. The van der Waals surface area contributed by atoms with Gasteiger partial charge in [0.1, 0.15) is 0 Å². The molecule has 0 amide bonds. The fourth-order valence-electron chi connectivity index (χ4n) is 1.87. The molecular weight excluding hydrogens is 314 g/mol. The van der Waals surface area contributed by atoms with E-state index in [1.807, 2.05) is 62.4 Å². The van der Waals surface area contributed by atoms with Crippen LogP contribution in [0.25, 0.3) is 0 Å². The molecule has 3 heteroatoms. The molecule has 0 unspecified atom stereocenters. The lowest BCUT2D eigenvalue weighted by Gasteiger charge is -2.08. The Bertz CT molecular complexity index is 647. The molecule has 2 nitrogen and oxygen atoms in total. The predicted octanol–water partition coefficient (Wildman–Crippen LogP) is 4.96. The van der Waals surface area contributed by atoms with Crippen LogP contribution in [0.5, 0.6) is 0 Å². The van der Waals surface area contributed by atoms with E-state index in [1.165, 1.54) is 0 Å². The summed E-state index contributed by atoms with van der Waals surface area (Å²) in [5, 5.41) is 3.23. The number of rotatable bonds is 4. The fraction of sp³-hybridized carbons (Fsp3) is 0.118. The van der Waals surface area contributed by atoms with E-state index in [0.29, 0.717) is 5.56 Å². The van der Waals surface area contributed by atoms with Crippen molar-refractivity contribution in [2.75, 3.05) is 5.32 Å². The maximum atomic E-state index is 12.0. The maximum Gasteiger partial charge on any atom is 0.187 e. The Morgan fingerprint density at radius 1 is 1.15 bits per heavy atom. The molecule has 20 heavy (non-hydrogen) atoms. The van der Waals surface area contributed by atoms with E-state index in [-0.39, 0.29) is 5.78 Å². The van der Waals surface area contributed by atoms with E-state index in [2.05, 4.69) is 21.2 Å². The van der Waals surface area contributed by atoms with Crippen molar-refractivity contribution in [3.8, 4) is 0 Å². The largest absolute Gasteiger partial charge is 0.359 e. The molecule has 0 aliphatic rings. The first-order valence-corrected chi connectivity index (χ1v) is 7.16. The molecule has 0 aliphatic heterocycles. The number of carbonyl (C=O) groups excluding carboxylic acids is 1. The summed E-state index contributed by atoms with van der Waals surface area (Å²) >= 11 is 3.47. The summed E-state index contributed by atoms with van der Waals surface area (Å²) in [5.41, 5.74) is 3.64. The van der Waals surface area contributed by atoms with Crippen molar-refractivity contribution >= 4 is 27.4 Å². The standard InChI is InChI=1S/C17H16BrNO/c1-12-10-15(8-9-16(12)18)19-13(2)11-17(20)14-6-4-3-5-7-14/h3-11,19H,1-2H3/b13-11+. The Morgan fingerprint density at radius 3 is 2.50 bits per heavy atom. The number of benzene rings is 2. The number of allylic oxidation sites excluding steroid dienone is 2. The third-order valence-electron chi connectivity index (χ3n) is 2.91. The molecule has 0 spiro atoms. The average molecular weight is 330 g/mol. The number of carbonyl (C=O) groups is 1. The maximum absolute atomic E-state index is 12.0. The summed E-state index contributed by atoms with van der Waals surface area (Å²) in [5.74, 6) is 0.00411. The van der Waals surface area contributed by atoms with E-state index in [1.54, 1.807) is 6.08 Å². The summed E-state index contributed by atoms with van der Waals surface area (Å²) in [4.78, 5) is 12.0. The zero-order chi connectivity index (χ0) is 14.5. The number of hydrogen-bond acceptors (Lipinski definition) is 2. The van der Waals surface area contributed by atoms with Gasteiger partial charge in [0.2, 0.25) is 0 Å². The highest BCUT2D eigenvalue weighted by Crippen LogP contribution is 2.21. The second-order valence-electron chi connectivity index (χ2n) is 4.65. The lowest BCUT2D eigenvalue weighted by molar-refractivity contribution is 0.104. The molecule has 0 heterocycles. The van der Waals surface area contributed by atoms with Crippen molar-refractivity contribution in [2.45, 2.75) is 13.8 Å². The summed E-state index contributed by atoms with van der Waals surface area (Å²) in [6, 6.07) is 15.3. The van der Waals surface area contributed by atoms with Crippen LogP contribution in [0.2, 0.25) is 0 Å². The van der Waals surface area contributed by atoms with Gasteiger partial charge in [-0.2, -0.15) is 0 Å². The zero-order valence-corrected chi connectivity index (χ0v) is 13.1. The number of anilines is 1. The van der Waals surface area contributed by atoms with Gasteiger partial charge in [-0.1, -0.05) is 46.3 Å². The van der Waals surface area contributed by atoms with Crippen molar-refractivity contribution in [2.24, 2.45) is 0 Å². The van der Waals surface area contributed by atoms with E-state index < -0.39 is 0 Å². The SMILES string of the molecule is C/C(=C\C(=O)c1ccccc1)Nc1ccc(Br)c(C)c1. The molecule has 0 saturated carbocycles. The normalized spacial score (nSPS) is 11.2. The zero-order valence-electron chi connectivity index (χ0n) is 11.5. The van der Waals surface area contributed by atoms with Gasteiger partial charge in [-0.15, -0.1) is 0 Å². The van der Waals surface area contributed by atoms with Gasteiger partial charge < -0.3 is 5.32 Å². The molecule has 102 valence electrons. The molecule has 2 aromatic rings. The van der Waals surface area contributed by atoms with Gasteiger partial charge in [-0.25, -0.2) is 0 Å². The molecule has 2 aromatic carbocycles. The molecular formula is C17H16BrNO. The number of hydrogen-bond donors (Lipinski definition) is 1. The van der Waals surface area contributed by atoms with Crippen LogP contribution in [0.3, 0.4) is 0 Å². The van der Waals surface area contributed by atoms with Crippen molar-refractivity contribution in [3.63, 3.8) is 0 Å². The van der Waals surface area contributed by atoms with Crippen molar-refractivity contribution in [1.82, 2.24) is 0 Å². The molecule has 2 rings (SSSR count). The van der Waals surface area contributed by atoms with Crippen LogP contribution in [0.1, 0.15) is 22.8 Å². The van der Waals surface area contributed by atoms with Gasteiger partial charge in [-0.3, -0.25) is 4.79 Å². The van der Waals surface area contributed by atoms with Gasteiger partial charge in [0.25, 0.3) is 0 Å². The molecule has 0 radical (unpaired) electrons. The van der Waals surface area contributed by atoms with E-state index in [4.69, 9.17) is 0 Å². The van der Waals surface area contributed by atoms with E-state index >= 15 is 0 Å². The Hall–Kier alpha value is -1.87. The highest BCUT2D eigenvalue weighted by atomic mass is 79.9. The Balaban J connectivity index is 2.11. The quantitative estimate of drug-likeness (QED) is 0.634. The van der Waals surface area contributed by atoms with Crippen LogP contribution in [-0.4, -0.2) is 5.78 Å². The first-order chi connectivity index (χ1) is 9.56. The van der Waals surface area contributed by atoms with Gasteiger partial charge in [0.15, 0.2) is 5.78 Å². The first kappa shape index (κ1) is 14.5. The molecule has 0 saturated heterocycles. The molecule has 0 fully saturated rings. The summed E-state index contributed by atoms with van der Waals surface area (Å²) < 4.78 is 1.07. The van der Waals surface area contributed by atoms with Crippen LogP contribution in [0.4, 0.5) is 5.69 Å². The van der Waals surface area contributed by atoms with E-state index in [9.17, 15) is 4.79 Å². The Morgan fingerprint density at radius 2 is 1.85 bits per heavy atom. The Labute approximate surface area is 127 Å². The highest BCUT2D eigenvalue weighted by Gasteiger charge is 2.03. The fourth-order valence-corrected chi connectivity index (χ4v) is 2.12. The van der Waals surface area contributed by atoms with Gasteiger partial charge in [0, 0.05) is 27.5 Å². The van der Waals surface area contributed by atoms with Crippen LogP contribution in [0, 0.1) is 6.92 Å². The van der Waals surface area contributed by atoms with Gasteiger partial charge in [-0.05, 0) is 37.6 Å². The lowest BCUT2D eigenvalue weighted by Crippen LogP contribution is -2.01. The van der Waals surface area contributed by atoms with Crippen molar-refractivity contribution in [3.05, 3.63) is 75.9 Å². The van der Waals surface area contributed by atoms with Crippen molar-refractivity contribution in [1.29, 1.82) is 0 Å². The van der Waals surface area contributed by atoms with E-state index in [0.717, 1.165) is 21.4 Å². The minimum absolute atomic E-state index is 0.00411. The van der Waals surface area contributed by atoms with Crippen LogP contribution < -0.4 is 5.32 Å². The summed E-state index contributed by atoms with van der Waals surface area (Å²) in [6.45, 7) is 3.92. The van der Waals surface area contributed by atoms with Crippen LogP contribution in [-0.2, 0) is 0 Å². The molecule has 0 aromatic heterocycles. The molecule has 0 atom stereocenters. The number of ketones is 1. The Kier molecular flexibility index (Phi) is 4.74. The van der Waals surface area contributed by atoms with Crippen LogP contribution >= 0.6 is 15.9 Å². The highest BCUT2D eigenvalue weighted by molar-refractivity contribution is 9.10. The average Bonchev–Trinajstić information content (AvgIpc) is 2.44. The van der Waals surface area contributed by atoms with Gasteiger partial charge >= 0.3 is 0 Å². The second kappa shape index (κ2) is 6.53. The van der Waals surface area contributed by atoms with Gasteiger partial charge in [0.05, 0.1) is 0 Å². The third-order valence-corrected chi connectivity index (χ3v) is 3.80. The smallest absolute Gasteiger partial charge is 0.187 e. The van der Waals surface area contributed by atoms with Crippen molar-refractivity contribution < 1.29 is 4.79 Å². The topological polar surface area (TPSA) is 29.1 Å². The molecule has 0 bridgehead atoms. The molecule has 0 aliphatic carbocycles. The third kappa shape index (κ3) is 3.81. The number of nitrogens with one attached hydrogen (secondary N) is 1. The number of aryl methyl sites for hydroxylation is 1. The first-order valence-electron chi connectivity index (χ1n) is 6.37.